The van der Waals surface area contributed by atoms with E-state index in [1.54, 1.807) is 24.3 Å². The Labute approximate surface area is 284 Å². The minimum atomic E-state index is -4.78. The van der Waals surface area contributed by atoms with Gasteiger partial charge in [-0.3, -0.25) is 18.9 Å². The van der Waals surface area contributed by atoms with Crippen molar-refractivity contribution in [3.05, 3.63) is 59.7 Å². The fourth-order valence-electron chi connectivity index (χ4n) is 5.37. The zero-order chi connectivity index (χ0) is 35.4. The lowest BCUT2D eigenvalue weighted by Crippen LogP contribution is -2.27. The Bertz CT molecular complexity index is 1670. The molecule has 1 aliphatic carbocycles. The van der Waals surface area contributed by atoms with E-state index in [0.29, 0.717) is 42.9 Å². The quantitative estimate of drug-likeness (QED) is 0.140. The summed E-state index contributed by atoms with van der Waals surface area (Å²) in [6.45, 7) is 0.857. The molecular weight excluding hydrogens is 663 g/mol. The predicted molar refractivity (Wildman–Crippen MR) is 180 cm³/mol. The highest BCUT2D eigenvalue weighted by Crippen LogP contribution is 2.34. The third-order valence-corrected chi connectivity index (χ3v) is 9.30. The number of sulfonamides is 1. The molecule has 1 aliphatic rings. The average molecular weight is 706 g/mol. The van der Waals surface area contributed by atoms with E-state index in [9.17, 15) is 31.2 Å². The molecule has 2 aromatic heterocycles. The first kappa shape index (κ1) is 37.3. The van der Waals surface area contributed by atoms with Gasteiger partial charge in [-0.25, -0.2) is 18.4 Å². The summed E-state index contributed by atoms with van der Waals surface area (Å²) >= 11 is 0. The molecule has 13 nitrogen and oxygen atoms in total. The number of carbonyl (C=O) groups excluding carboxylic acids is 2. The maximum Gasteiger partial charge on any atom is 0.421 e. The van der Waals surface area contributed by atoms with Crippen LogP contribution in [0.3, 0.4) is 0 Å². The summed E-state index contributed by atoms with van der Waals surface area (Å²) in [6, 6.07) is 6.31. The Balaban J connectivity index is 1.25. The van der Waals surface area contributed by atoms with Crippen molar-refractivity contribution in [2.24, 2.45) is 5.92 Å². The molecule has 0 radical (unpaired) electrons. The molecule has 2 heterocycles. The Morgan fingerprint density at radius 1 is 0.939 bits per heavy atom. The highest BCUT2D eigenvalue weighted by Gasteiger charge is 2.35. The van der Waals surface area contributed by atoms with Gasteiger partial charge in [0.25, 0.3) is 5.91 Å². The zero-order valence-electron chi connectivity index (χ0n) is 27.5. The number of amides is 2. The summed E-state index contributed by atoms with van der Waals surface area (Å²) in [7, 11) is -2.45. The molecule has 1 fully saturated rings. The summed E-state index contributed by atoms with van der Waals surface area (Å²) < 4.78 is 66.2. The van der Waals surface area contributed by atoms with Crippen molar-refractivity contribution in [2.45, 2.75) is 70.5 Å². The van der Waals surface area contributed by atoms with Crippen molar-refractivity contribution in [1.82, 2.24) is 30.6 Å². The number of halogens is 3. The van der Waals surface area contributed by atoms with Crippen LogP contribution in [0.25, 0.3) is 0 Å². The first-order chi connectivity index (χ1) is 23.3. The van der Waals surface area contributed by atoms with E-state index in [0.717, 1.165) is 49.1 Å². The maximum absolute atomic E-state index is 13.8. The minimum absolute atomic E-state index is 0.0472. The number of hydrogen-bond donors (Lipinski definition) is 4. The standard InChI is InChI=1S/C32H42F3N9O4S/c1-44(49(2,47)48)29-26(36-17-18-38-29)21-40-28-25(32(33,34)35)20-41-31(43-28)42-24-13-11-23(12-14-24)30(46)39-16-8-4-3-7-15-37-27(45)19-22-9-5-6-10-22/h11-14,17-18,20,22H,3-10,15-16,19,21H2,1-2H3,(H,37,45)(H,39,46)(H2,40,41,42,43). The Morgan fingerprint density at radius 3 is 2.24 bits per heavy atom. The molecule has 0 atom stereocenters. The number of hydrogen-bond acceptors (Lipinski definition) is 10. The molecule has 3 aromatic rings. The van der Waals surface area contributed by atoms with Crippen LogP contribution in [-0.2, 0) is 27.5 Å². The van der Waals surface area contributed by atoms with Crippen molar-refractivity contribution >= 4 is 45.1 Å². The summed E-state index contributed by atoms with van der Waals surface area (Å²) in [4.78, 5) is 40.5. The lowest BCUT2D eigenvalue weighted by atomic mass is 10.0. The molecule has 49 heavy (non-hydrogen) atoms. The van der Waals surface area contributed by atoms with Gasteiger partial charge in [0.1, 0.15) is 17.1 Å². The van der Waals surface area contributed by atoms with Crippen molar-refractivity contribution in [3.63, 3.8) is 0 Å². The molecule has 4 rings (SSSR count). The van der Waals surface area contributed by atoms with Gasteiger partial charge in [0.2, 0.25) is 21.9 Å². The van der Waals surface area contributed by atoms with Crippen LogP contribution in [0.15, 0.2) is 42.9 Å². The van der Waals surface area contributed by atoms with E-state index >= 15 is 0 Å². The number of rotatable bonds is 17. The van der Waals surface area contributed by atoms with Gasteiger partial charge in [0.15, 0.2) is 5.82 Å². The molecule has 0 saturated heterocycles. The molecule has 0 spiro atoms. The van der Waals surface area contributed by atoms with Crippen LogP contribution in [0.5, 0.6) is 0 Å². The van der Waals surface area contributed by atoms with Crippen molar-refractivity contribution in [1.29, 1.82) is 0 Å². The molecule has 1 aromatic carbocycles. The van der Waals surface area contributed by atoms with E-state index in [2.05, 4.69) is 41.2 Å². The zero-order valence-corrected chi connectivity index (χ0v) is 28.3. The van der Waals surface area contributed by atoms with Gasteiger partial charge in [0, 0.05) is 56.4 Å². The van der Waals surface area contributed by atoms with Crippen LogP contribution >= 0.6 is 0 Å². The second-order valence-corrected chi connectivity index (χ2v) is 14.0. The van der Waals surface area contributed by atoms with Crippen LogP contribution in [0.2, 0.25) is 0 Å². The van der Waals surface area contributed by atoms with Gasteiger partial charge >= 0.3 is 6.18 Å². The van der Waals surface area contributed by atoms with Crippen LogP contribution in [0.1, 0.15) is 79.4 Å². The maximum atomic E-state index is 13.8. The Hall–Kier alpha value is -4.54. The van der Waals surface area contributed by atoms with Crippen molar-refractivity contribution in [2.75, 3.05) is 41.3 Å². The van der Waals surface area contributed by atoms with Gasteiger partial charge in [-0.15, -0.1) is 0 Å². The monoisotopic (exact) mass is 705 g/mol. The molecule has 2 amide bonds. The number of alkyl halides is 3. The topological polar surface area (TPSA) is 171 Å². The number of benzene rings is 1. The number of aromatic nitrogens is 4. The summed E-state index contributed by atoms with van der Waals surface area (Å²) in [6.07, 6.45) is 8.34. The number of unbranched alkanes of at least 4 members (excludes halogenated alkanes) is 3. The minimum Gasteiger partial charge on any atom is -0.364 e. The highest BCUT2D eigenvalue weighted by molar-refractivity contribution is 7.92. The number of nitrogens with one attached hydrogen (secondary N) is 4. The molecule has 266 valence electrons. The van der Waals surface area contributed by atoms with Crippen LogP contribution in [0.4, 0.5) is 36.4 Å². The fraction of sp³-hybridized carbons (Fsp3) is 0.500. The summed E-state index contributed by atoms with van der Waals surface area (Å²) in [5, 5.41) is 11.3. The predicted octanol–water partition coefficient (Wildman–Crippen LogP) is 5.02. The average Bonchev–Trinajstić information content (AvgIpc) is 3.57. The SMILES string of the molecule is CN(c1nccnc1CNc1nc(Nc2ccc(C(=O)NCCCCCCNC(=O)CC3CCCC3)cc2)ncc1C(F)(F)F)S(C)(=O)=O. The normalized spacial score (nSPS) is 13.6. The Kier molecular flexibility index (Phi) is 13.1. The van der Waals surface area contributed by atoms with E-state index in [4.69, 9.17) is 0 Å². The molecule has 17 heteroatoms. The molecule has 0 bridgehead atoms. The second kappa shape index (κ2) is 17.2. The molecule has 0 aliphatic heterocycles. The number of nitrogens with zero attached hydrogens (tertiary/aromatic N) is 5. The van der Waals surface area contributed by atoms with E-state index < -0.39 is 27.6 Å². The number of anilines is 4. The first-order valence-corrected chi connectivity index (χ1v) is 18.0. The third kappa shape index (κ3) is 11.5. The van der Waals surface area contributed by atoms with E-state index in [1.165, 1.54) is 32.3 Å². The van der Waals surface area contributed by atoms with Crippen LogP contribution < -0.4 is 25.6 Å². The van der Waals surface area contributed by atoms with Gasteiger partial charge in [0.05, 0.1) is 12.8 Å². The van der Waals surface area contributed by atoms with Crippen molar-refractivity contribution < 1.29 is 31.2 Å². The summed E-state index contributed by atoms with van der Waals surface area (Å²) in [5.74, 6) is -0.322. The first-order valence-electron chi connectivity index (χ1n) is 16.1. The second-order valence-electron chi connectivity index (χ2n) is 11.9. The van der Waals surface area contributed by atoms with E-state index in [1.807, 2.05) is 0 Å². The third-order valence-electron chi connectivity index (χ3n) is 8.13. The van der Waals surface area contributed by atoms with Gasteiger partial charge < -0.3 is 21.3 Å². The lowest BCUT2D eigenvalue weighted by Gasteiger charge is -2.19. The lowest BCUT2D eigenvalue weighted by molar-refractivity contribution is -0.137. The van der Waals surface area contributed by atoms with Crippen molar-refractivity contribution in [3.8, 4) is 0 Å². The largest absolute Gasteiger partial charge is 0.421 e. The number of carbonyl (C=O) groups is 2. The Morgan fingerprint density at radius 2 is 1.59 bits per heavy atom. The highest BCUT2D eigenvalue weighted by atomic mass is 32.2. The summed E-state index contributed by atoms with van der Waals surface area (Å²) in [5.41, 5.74) is -0.206. The molecular formula is C32H42F3N9O4S. The van der Waals surface area contributed by atoms with E-state index in [-0.39, 0.29) is 35.8 Å². The van der Waals surface area contributed by atoms with Gasteiger partial charge in [-0.1, -0.05) is 25.7 Å². The smallest absolute Gasteiger partial charge is 0.364 e. The molecule has 4 N–H and O–H groups in total. The van der Waals surface area contributed by atoms with Crippen LogP contribution in [-0.4, -0.2) is 66.6 Å². The molecule has 0 unspecified atom stereocenters. The molecule has 1 saturated carbocycles. The van der Waals surface area contributed by atoms with Gasteiger partial charge in [-0.05, 0) is 55.9 Å². The van der Waals surface area contributed by atoms with Gasteiger partial charge in [-0.2, -0.15) is 18.2 Å². The fourth-order valence-corrected chi connectivity index (χ4v) is 5.84. The van der Waals surface area contributed by atoms with Crippen LogP contribution in [0, 0.1) is 5.92 Å².